The summed E-state index contributed by atoms with van der Waals surface area (Å²) in [7, 11) is 0. The molecule has 2 rings (SSSR count). The standard InChI is InChI=1S/C13H16N2O3/c1-2-18-13(17)12(16)10-3-5-11(6-4-10)15-8-7-14-9-15/h3-6,9,12,16H,2,7-8H2,1H3. The number of hydrogen-bond donors (Lipinski definition) is 1. The van der Waals surface area contributed by atoms with E-state index in [1.54, 1.807) is 25.4 Å². The predicted molar refractivity (Wildman–Crippen MR) is 68.7 cm³/mol. The second-order valence-corrected chi connectivity index (χ2v) is 3.96. The molecule has 0 aromatic heterocycles. The van der Waals surface area contributed by atoms with Gasteiger partial charge in [-0.1, -0.05) is 12.1 Å². The third-order valence-corrected chi connectivity index (χ3v) is 2.74. The van der Waals surface area contributed by atoms with Gasteiger partial charge in [0.1, 0.15) is 0 Å². The number of aliphatic imine (C=N–C) groups is 1. The molecule has 1 unspecified atom stereocenters. The van der Waals surface area contributed by atoms with Crippen LogP contribution < -0.4 is 4.90 Å². The Labute approximate surface area is 106 Å². The number of anilines is 1. The van der Waals surface area contributed by atoms with E-state index in [0.29, 0.717) is 5.56 Å². The first-order valence-electron chi connectivity index (χ1n) is 5.93. The van der Waals surface area contributed by atoms with Gasteiger partial charge in [0.25, 0.3) is 0 Å². The van der Waals surface area contributed by atoms with Gasteiger partial charge in [-0.15, -0.1) is 0 Å². The van der Waals surface area contributed by atoms with Crippen LogP contribution in [0, 0.1) is 0 Å². The average molecular weight is 248 g/mol. The average Bonchev–Trinajstić information content (AvgIpc) is 2.92. The van der Waals surface area contributed by atoms with Gasteiger partial charge in [-0.05, 0) is 24.6 Å². The Kier molecular flexibility index (Phi) is 3.94. The Hall–Kier alpha value is -1.88. The summed E-state index contributed by atoms with van der Waals surface area (Å²) in [6, 6.07) is 7.16. The van der Waals surface area contributed by atoms with E-state index in [9.17, 15) is 9.90 Å². The van der Waals surface area contributed by atoms with Gasteiger partial charge in [-0.25, -0.2) is 4.79 Å². The number of carbonyl (C=O) groups is 1. The monoisotopic (exact) mass is 248 g/mol. The lowest BCUT2D eigenvalue weighted by Gasteiger charge is -2.15. The van der Waals surface area contributed by atoms with Crippen LogP contribution in [-0.4, -0.2) is 37.1 Å². The van der Waals surface area contributed by atoms with E-state index in [2.05, 4.69) is 4.99 Å². The number of carbonyl (C=O) groups excluding carboxylic acids is 1. The SMILES string of the molecule is CCOC(=O)C(O)c1ccc(N2C=NCC2)cc1. The van der Waals surface area contributed by atoms with Crippen LogP contribution in [0.25, 0.3) is 0 Å². The number of hydrogen-bond acceptors (Lipinski definition) is 5. The predicted octanol–water partition coefficient (Wildman–Crippen LogP) is 1.13. The summed E-state index contributed by atoms with van der Waals surface area (Å²) in [5.74, 6) is -0.618. The van der Waals surface area contributed by atoms with Crippen LogP contribution in [0.5, 0.6) is 0 Å². The Morgan fingerprint density at radius 3 is 2.78 bits per heavy atom. The maximum Gasteiger partial charge on any atom is 0.339 e. The molecular weight excluding hydrogens is 232 g/mol. The molecule has 1 aromatic rings. The van der Waals surface area contributed by atoms with Crippen molar-refractivity contribution < 1.29 is 14.6 Å². The fourth-order valence-electron chi connectivity index (χ4n) is 1.78. The smallest absolute Gasteiger partial charge is 0.339 e. The zero-order valence-electron chi connectivity index (χ0n) is 10.2. The van der Waals surface area contributed by atoms with Gasteiger partial charge in [-0.3, -0.25) is 4.99 Å². The molecule has 1 aliphatic heterocycles. The molecule has 1 aromatic carbocycles. The number of aliphatic hydroxyl groups excluding tert-OH is 1. The number of benzene rings is 1. The van der Waals surface area contributed by atoms with Crippen molar-refractivity contribution in [2.45, 2.75) is 13.0 Å². The highest BCUT2D eigenvalue weighted by Crippen LogP contribution is 2.20. The lowest BCUT2D eigenvalue weighted by molar-refractivity contribution is -0.153. The van der Waals surface area contributed by atoms with Crippen LogP contribution in [0.1, 0.15) is 18.6 Å². The highest BCUT2D eigenvalue weighted by atomic mass is 16.5. The Balaban J connectivity index is 2.07. The molecule has 0 aliphatic carbocycles. The minimum Gasteiger partial charge on any atom is -0.464 e. The molecule has 96 valence electrons. The second kappa shape index (κ2) is 5.64. The Bertz CT molecular complexity index is 442. The summed E-state index contributed by atoms with van der Waals surface area (Å²) < 4.78 is 4.77. The number of ether oxygens (including phenoxy) is 1. The molecule has 0 radical (unpaired) electrons. The van der Waals surface area contributed by atoms with Gasteiger partial charge < -0.3 is 14.7 Å². The summed E-state index contributed by atoms with van der Waals surface area (Å²) in [6.45, 7) is 3.63. The molecule has 0 saturated carbocycles. The summed E-state index contributed by atoms with van der Waals surface area (Å²) in [5, 5.41) is 9.76. The first-order valence-corrected chi connectivity index (χ1v) is 5.93. The van der Waals surface area contributed by atoms with Gasteiger partial charge in [0, 0.05) is 12.2 Å². The van der Waals surface area contributed by atoms with Crippen LogP contribution >= 0.6 is 0 Å². The van der Waals surface area contributed by atoms with Crippen LogP contribution in [0.2, 0.25) is 0 Å². The van der Waals surface area contributed by atoms with Crippen molar-refractivity contribution in [3.05, 3.63) is 29.8 Å². The van der Waals surface area contributed by atoms with E-state index in [4.69, 9.17) is 4.74 Å². The fraction of sp³-hybridized carbons (Fsp3) is 0.385. The summed E-state index contributed by atoms with van der Waals surface area (Å²) in [5.41, 5.74) is 1.53. The zero-order valence-corrected chi connectivity index (χ0v) is 10.2. The van der Waals surface area contributed by atoms with Crippen molar-refractivity contribution in [1.29, 1.82) is 0 Å². The van der Waals surface area contributed by atoms with Crippen LogP contribution in [0.4, 0.5) is 5.69 Å². The van der Waals surface area contributed by atoms with E-state index in [1.165, 1.54) is 0 Å². The Morgan fingerprint density at radius 1 is 1.50 bits per heavy atom. The maximum atomic E-state index is 11.4. The van der Waals surface area contributed by atoms with E-state index in [1.807, 2.05) is 17.0 Å². The molecule has 0 spiro atoms. The highest BCUT2D eigenvalue weighted by Gasteiger charge is 2.18. The molecule has 0 saturated heterocycles. The molecule has 1 aliphatic rings. The molecule has 5 nitrogen and oxygen atoms in total. The summed E-state index contributed by atoms with van der Waals surface area (Å²) in [4.78, 5) is 17.5. The maximum absolute atomic E-state index is 11.4. The first-order chi connectivity index (χ1) is 8.72. The van der Waals surface area contributed by atoms with Gasteiger partial charge in [-0.2, -0.15) is 0 Å². The fourth-order valence-corrected chi connectivity index (χ4v) is 1.78. The minimum atomic E-state index is -1.22. The van der Waals surface area contributed by atoms with Crippen molar-refractivity contribution in [2.24, 2.45) is 4.99 Å². The summed E-state index contributed by atoms with van der Waals surface area (Å²) in [6.07, 6.45) is 0.572. The molecular formula is C13H16N2O3. The molecule has 18 heavy (non-hydrogen) atoms. The van der Waals surface area contributed by atoms with Gasteiger partial charge in [0.15, 0.2) is 6.10 Å². The zero-order chi connectivity index (χ0) is 13.0. The highest BCUT2D eigenvalue weighted by molar-refractivity contribution is 5.81. The second-order valence-electron chi connectivity index (χ2n) is 3.96. The van der Waals surface area contributed by atoms with Crippen molar-refractivity contribution >= 4 is 18.0 Å². The number of rotatable bonds is 4. The van der Waals surface area contributed by atoms with Crippen LogP contribution in [0.3, 0.4) is 0 Å². The molecule has 0 bridgehead atoms. The lowest BCUT2D eigenvalue weighted by atomic mass is 10.1. The van der Waals surface area contributed by atoms with Crippen molar-refractivity contribution in [3.63, 3.8) is 0 Å². The van der Waals surface area contributed by atoms with Crippen molar-refractivity contribution in [2.75, 3.05) is 24.6 Å². The van der Waals surface area contributed by atoms with Gasteiger partial charge >= 0.3 is 5.97 Å². The number of nitrogens with zero attached hydrogens (tertiary/aromatic N) is 2. The van der Waals surface area contributed by atoms with Crippen molar-refractivity contribution in [3.8, 4) is 0 Å². The minimum absolute atomic E-state index is 0.262. The molecule has 1 atom stereocenters. The molecule has 1 heterocycles. The van der Waals surface area contributed by atoms with Gasteiger partial charge in [0.2, 0.25) is 0 Å². The normalized spacial score (nSPS) is 15.8. The lowest BCUT2D eigenvalue weighted by Crippen LogP contribution is -2.18. The molecule has 0 fully saturated rings. The first kappa shape index (κ1) is 12.6. The molecule has 5 heteroatoms. The van der Waals surface area contributed by atoms with Crippen LogP contribution in [0.15, 0.2) is 29.3 Å². The largest absolute Gasteiger partial charge is 0.464 e. The van der Waals surface area contributed by atoms with E-state index in [-0.39, 0.29) is 6.61 Å². The molecule has 1 N–H and O–H groups in total. The molecule has 0 amide bonds. The number of esters is 1. The topological polar surface area (TPSA) is 62.1 Å². The third kappa shape index (κ3) is 2.68. The quantitative estimate of drug-likeness (QED) is 0.811. The van der Waals surface area contributed by atoms with E-state index >= 15 is 0 Å². The number of aliphatic hydroxyl groups is 1. The van der Waals surface area contributed by atoms with Crippen molar-refractivity contribution in [1.82, 2.24) is 0 Å². The summed E-state index contributed by atoms with van der Waals surface area (Å²) >= 11 is 0. The Morgan fingerprint density at radius 2 is 2.22 bits per heavy atom. The third-order valence-electron chi connectivity index (χ3n) is 2.74. The van der Waals surface area contributed by atoms with E-state index < -0.39 is 12.1 Å². The van der Waals surface area contributed by atoms with E-state index in [0.717, 1.165) is 18.8 Å². The van der Waals surface area contributed by atoms with Gasteiger partial charge in [0.05, 0.1) is 19.5 Å². The van der Waals surface area contributed by atoms with Crippen LogP contribution in [-0.2, 0) is 9.53 Å².